The van der Waals surface area contributed by atoms with Crippen molar-refractivity contribution in [1.29, 1.82) is 5.41 Å². The molecule has 1 rings (SSSR count). The Morgan fingerprint density at radius 3 is 2.75 bits per heavy atom. The zero-order valence-corrected chi connectivity index (χ0v) is 12.1. The van der Waals surface area contributed by atoms with Crippen LogP contribution in [0.25, 0.3) is 6.08 Å². The average Bonchev–Trinajstić information content (AvgIpc) is 2.33. The van der Waals surface area contributed by atoms with Crippen molar-refractivity contribution in [2.75, 3.05) is 6.54 Å². The van der Waals surface area contributed by atoms with Gasteiger partial charge in [-0.1, -0.05) is 30.4 Å². The summed E-state index contributed by atoms with van der Waals surface area (Å²) in [5, 5.41) is 10.00. The van der Waals surface area contributed by atoms with Gasteiger partial charge in [-0.3, -0.25) is 5.41 Å². The first-order valence-electron chi connectivity index (χ1n) is 6.36. The molecular weight excluding hydrogens is 254 g/mol. The van der Waals surface area contributed by atoms with Crippen LogP contribution < -0.4 is 11.1 Å². The molecule has 20 heavy (non-hydrogen) atoms. The van der Waals surface area contributed by atoms with E-state index >= 15 is 0 Å². The molecule has 0 bridgehead atoms. The second-order valence-corrected chi connectivity index (χ2v) is 5.32. The molecule has 0 fully saturated rings. The van der Waals surface area contributed by atoms with E-state index in [4.69, 9.17) is 15.9 Å². The minimum atomic E-state index is -0.496. The van der Waals surface area contributed by atoms with Crippen LogP contribution in [-0.4, -0.2) is 24.1 Å². The normalized spacial score (nSPS) is 11.3. The van der Waals surface area contributed by atoms with Gasteiger partial charge in [0.15, 0.2) is 0 Å². The number of hydrogen-bond donors (Lipinski definition) is 3. The largest absolute Gasteiger partial charge is 0.444 e. The van der Waals surface area contributed by atoms with Crippen LogP contribution >= 0.6 is 0 Å². The van der Waals surface area contributed by atoms with Crippen LogP contribution in [0.5, 0.6) is 0 Å². The van der Waals surface area contributed by atoms with Gasteiger partial charge in [-0.25, -0.2) is 4.79 Å². The van der Waals surface area contributed by atoms with Gasteiger partial charge in [0.2, 0.25) is 0 Å². The molecule has 0 saturated carbocycles. The molecule has 5 heteroatoms. The first-order chi connectivity index (χ1) is 9.28. The summed E-state index contributed by atoms with van der Waals surface area (Å²) in [7, 11) is 0. The highest BCUT2D eigenvalue weighted by Crippen LogP contribution is 2.07. The van der Waals surface area contributed by atoms with Crippen molar-refractivity contribution >= 4 is 18.0 Å². The second-order valence-electron chi connectivity index (χ2n) is 5.32. The van der Waals surface area contributed by atoms with Crippen molar-refractivity contribution in [1.82, 2.24) is 5.32 Å². The van der Waals surface area contributed by atoms with Crippen molar-refractivity contribution < 1.29 is 9.53 Å². The molecule has 0 heterocycles. The van der Waals surface area contributed by atoms with Crippen molar-refractivity contribution in [3.05, 3.63) is 41.5 Å². The number of amides is 1. The highest BCUT2D eigenvalue weighted by atomic mass is 16.6. The summed E-state index contributed by atoms with van der Waals surface area (Å²) in [5.41, 5.74) is 6.52. The SMILES string of the molecule is CC(C)(C)OC(=O)NCC=Cc1cccc(C(=N)N)c1. The third kappa shape index (κ3) is 6.04. The number of nitrogens with two attached hydrogens (primary N) is 1. The molecule has 1 aromatic rings. The fourth-order valence-corrected chi connectivity index (χ4v) is 1.46. The Hall–Kier alpha value is -2.30. The lowest BCUT2D eigenvalue weighted by molar-refractivity contribution is 0.0534. The molecule has 0 aliphatic rings. The third-order valence-electron chi connectivity index (χ3n) is 2.27. The summed E-state index contributed by atoms with van der Waals surface area (Å²) < 4.78 is 5.11. The smallest absolute Gasteiger partial charge is 0.407 e. The lowest BCUT2D eigenvalue weighted by Gasteiger charge is -2.19. The summed E-state index contributed by atoms with van der Waals surface area (Å²) in [6, 6.07) is 7.32. The predicted molar refractivity (Wildman–Crippen MR) is 80.7 cm³/mol. The monoisotopic (exact) mass is 275 g/mol. The van der Waals surface area contributed by atoms with Gasteiger partial charge in [0.25, 0.3) is 0 Å². The van der Waals surface area contributed by atoms with E-state index in [2.05, 4.69) is 5.32 Å². The van der Waals surface area contributed by atoms with E-state index in [9.17, 15) is 4.79 Å². The lowest BCUT2D eigenvalue weighted by Crippen LogP contribution is -2.32. The zero-order chi connectivity index (χ0) is 15.2. The maximum atomic E-state index is 11.4. The predicted octanol–water partition coefficient (Wildman–Crippen LogP) is 2.51. The van der Waals surface area contributed by atoms with E-state index < -0.39 is 11.7 Å². The molecule has 4 N–H and O–H groups in total. The Morgan fingerprint density at radius 2 is 2.15 bits per heavy atom. The Balaban J connectivity index is 2.47. The molecule has 0 saturated heterocycles. The van der Waals surface area contributed by atoms with Crippen LogP contribution in [0.1, 0.15) is 31.9 Å². The molecule has 0 aliphatic heterocycles. The minimum absolute atomic E-state index is 0.0344. The van der Waals surface area contributed by atoms with Gasteiger partial charge in [0, 0.05) is 12.1 Å². The van der Waals surface area contributed by atoms with Crippen molar-refractivity contribution in [2.45, 2.75) is 26.4 Å². The van der Waals surface area contributed by atoms with Gasteiger partial charge in [0.1, 0.15) is 11.4 Å². The molecule has 0 aliphatic carbocycles. The van der Waals surface area contributed by atoms with Crippen molar-refractivity contribution in [2.24, 2.45) is 5.73 Å². The number of benzene rings is 1. The number of carbonyl (C=O) groups excluding carboxylic acids is 1. The van der Waals surface area contributed by atoms with E-state index in [1.165, 1.54) is 0 Å². The van der Waals surface area contributed by atoms with Crippen LogP contribution in [0.15, 0.2) is 30.3 Å². The van der Waals surface area contributed by atoms with E-state index in [0.717, 1.165) is 5.56 Å². The summed E-state index contributed by atoms with van der Waals surface area (Å²) in [6.07, 6.45) is 3.21. The van der Waals surface area contributed by atoms with Gasteiger partial charge >= 0.3 is 6.09 Å². The summed E-state index contributed by atoms with van der Waals surface area (Å²) in [4.78, 5) is 11.4. The first-order valence-corrected chi connectivity index (χ1v) is 6.36. The summed E-state index contributed by atoms with van der Waals surface area (Å²) >= 11 is 0. The number of amidine groups is 1. The van der Waals surface area contributed by atoms with Gasteiger partial charge < -0.3 is 15.8 Å². The van der Waals surface area contributed by atoms with Gasteiger partial charge in [0.05, 0.1) is 0 Å². The Morgan fingerprint density at radius 1 is 1.45 bits per heavy atom. The van der Waals surface area contributed by atoms with Crippen LogP contribution in [0, 0.1) is 5.41 Å². The van der Waals surface area contributed by atoms with Crippen molar-refractivity contribution in [3.63, 3.8) is 0 Å². The van der Waals surface area contributed by atoms with Gasteiger partial charge in [-0.2, -0.15) is 0 Å². The number of nitrogens with one attached hydrogen (secondary N) is 2. The second kappa shape index (κ2) is 6.75. The van der Waals surface area contributed by atoms with Crippen LogP contribution in [-0.2, 0) is 4.74 Å². The molecule has 5 nitrogen and oxygen atoms in total. The molecule has 0 radical (unpaired) electrons. The molecule has 1 amide bonds. The quantitative estimate of drug-likeness (QED) is 0.582. The molecule has 0 spiro atoms. The average molecular weight is 275 g/mol. The third-order valence-corrected chi connectivity index (χ3v) is 2.27. The van der Waals surface area contributed by atoms with E-state index in [0.29, 0.717) is 12.1 Å². The standard InChI is InChI=1S/C15H21N3O2/c1-15(2,3)20-14(19)18-9-5-7-11-6-4-8-12(10-11)13(16)17/h4-8,10H,9H2,1-3H3,(H3,16,17)(H,18,19). The number of carbonyl (C=O) groups is 1. The minimum Gasteiger partial charge on any atom is -0.444 e. The molecule has 1 aromatic carbocycles. The number of hydrogen-bond acceptors (Lipinski definition) is 3. The molecule has 0 unspecified atom stereocenters. The highest BCUT2D eigenvalue weighted by molar-refractivity contribution is 5.95. The zero-order valence-electron chi connectivity index (χ0n) is 12.1. The number of rotatable bonds is 4. The molecule has 0 aromatic heterocycles. The maximum Gasteiger partial charge on any atom is 0.407 e. The Labute approximate surface area is 119 Å². The molecule has 108 valence electrons. The number of nitrogen functional groups attached to an aromatic ring is 1. The fourth-order valence-electron chi connectivity index (χ4n) is 1.46. The van der Waals surface area contributed by atoms with Crippen LogP contribution in [0.3, 0.4) is 0 Å². The summed E-state index contributed by atoms with van der Waals surface area (Å²) in [6.45, 7) is 5.82. The molecular formula is C15H21N3O2. The van der Waals surface area contributed by atoms with Gasteiger partial charge in [-0.15, -0.1) is 0 Å². The number of ether oxygens (including phenoxy) is 1. The lowest BCUT2D eigenvalue weighted by atomic mass is 10.1. The van der Waals surface area contributed by atoms with Crippen molar-refractivity contribution in [3.8, 4) is 0 Å². The Kier molecular flexibility index (Phi) is 5.32. The highest BCUT2D eigenvalue weighted by Gasteiger charge is 2.14. The summed E-state index contributed by atoms with van der Waals surface area (Å²) in [5.74, 6) is 0.0344. The maximum absolute atomic E-state index is 11.4. The number of alkyl carbamates (subject to hydrolysis) is 1. The first kappa shape index (κ1) is 15.8. The van der Waals surface area contributed by atoms with Gasteiger partial charge in [-0.05, 0) is 32.4 Å². The topological polar surface area (TPSA) is 88.2 Å². The van der Waals surface area contributed by atoms with Crippen LogP contribution in [0.4, 0.5) is 4.79 Å². The van der Waals surface area contributed by atoms with E-state index in [1.54, 1.807) is 6.07 Å². The fraction of sp³-hybridized carbons (Fsp3) is 0.333. The Bertz CT molecular complexity index is 516. The van der Waals surface area contributed by atoms with E-state index in [-0.39, 0.29) is 5.84 Å². The molecule has 0 atom stereocenters. The van der Waals surface area contributed by atoms with Crippen LogP contribution in [0.2, 0.25) is 0 Å². The van der Waals surface area contributed by atoms with E-state index in [1.807, 2.05) is 51.1 Å².